The highest BCUT2D eigenvalue weighted by Crippen LogP contribution is 2.43. The Bertz CT molecular complexity index is 3400. The Kier molecular flexibility index (Phi) is 6.82. The summed E-state index contributed by atoms with van der Waals surface area (Å²) < 4.78 is 19.1. The SMILES string of the molecule is c1ccc(-c2nc(-c3ccc4oc5ccccc5c4c3)nc(-c3ccc4oc5cccc(C6=Nc7c(oc8ccccc78)C(c7ccccc7)N6)c5c4c3)n2)cc1. The van der Waals surface area contributed by atoms with Gasteiger partial charge < -0.3 is 18.6 Å². The molecule has 7 aromatic carbocycles. The first kappa shape index (κ1) is 31.5. The molecule has 12 rings (SSSR count). The Morgan fingerprint density at radius 2 is 0.982 bits per heavy atom. The number of aliphatic imine (C=N–C) groups is 1. The number of para-hydroxylation sites is 2. The molecule has 268 valence electrons. The smallest absolute Gasteiger partial charge is 0.164 e. The first-order valence-corrected chi connectivity index (χ1v) is 18.8. The summed E-state index contributed by atoms with van der Waals surface area (Å²) >= 11 is 0. The van der Waals surface area contributed by atoms with Gasteiger partial charge in [0.05, 0.1) is 0 Å². The van der Waals surface area contributed by atoms with Crippen molar-refractivity contribution in [1.29, 1.82) is 0 Å². The number of furan rings is 3. The van der Waals surface area contributed by atoms with E-state index in [0.29, 0.717) is 17.5 Å². The minimum Gasteiger partial charge on any atom is -0.456 e. The summed E-state index contributed by atoms with van der Waals surface area (Å²) in [6.45, 7) is 0. The van der Waals surface area contributed by atoms with Crippen LogP contribution in [0.3, 0.4) is 0 Å². The van der Waals surface area contributed by atoms with Crippen LogP contribution in [0.25, 0.3) is 89.0 Å². The van der Waals surface area contributed by atoms with Crippen LogP contribution in [0, 0.1) is 0 Å². The number of fused-ring (bicyclic) bond motifs is 9. The molecular weight excluding hydrogens is 707 g/mol. The van der Waals surface area contributed by atoms with Gasteiger partial charge in [-0.2, -0.15) is 0 Å². The lowest BCUT2D eigenvalue weighted by Crippen LogP contribution is -2.32. The van der Waals surface area contributed by atoms with Crippen molar-refractivity contribution in [2.45, 2.75) is 6.04 Å². The lowest BCUT2D eigenvalue weighted by atomic mass is 9.98. The van der Waals surface area contributed by atoms with Crippen molar-refractivity contribution in [3.63, 3.8) is 0 Å². The minimum atomic E-state index is -0.246. The number of nitrogens with zero attached hydrogens (tertiary/aromatic N) is 4. The monoisotopic (exact) mass is 735 g/mol. The molecule has 8 heteroatoms. The second-order valence-corrected chi connectivity index (χ2v) is 14.2. The molecular formula is C49H29N5O3. The summed E-state index contributed by atoms with van der Waals surface area (Å²) in [4.78, 5) is 20.4. The molecule has 4 aromatic heterocycles. The molecule has 8 nitrogen and oxygen atoms in total. The Morgan fingerprint density at radius 3 is 1.74 bits per heavy atom. The molecule has 5 heterocycles. The lowest BCUT2D eigenvalue weighted by Gasteiger charge is -2.24. The summed E-state index contributed by atoms with van der Waals surface area (Å²) in [5.41, 5.74) is 9.39. The van der Waals surface area contributed by atoms with Crippen LogP contribution < -0.4 is 5.32 Å². The summed E-state index contributed by atoms with van der Waals surface area (Å²) in [6.07, 6.45) is 0. The van der Waals surface area contributed by atoms with Crippen molar-refractivity contribution in [1.82, 2.24) is 20.3 Å². The Balaban J connectivity index is 1.04. The third kappa shape index (κ3) is 5.08. The summed E-state index contributed by atoms with van der Waals surface area (Å²) in [5.74, 6) is 3.23. The normalized spacial score (nSPS) is 14.0. The van der Waals surface area contributed by atoms with Gasteiger partial charge >= 0.3 is 0 Å². The number of nitrogens with one attached hydrogen (secondary N) is 1. The second-order valence-electron chi connectivity index (χ2n) is 14.2. The molecule has 11 aromatic rings. The number of rotatable bonds is 5. The van der Waals surface area contributed by atoms with Crippen LogP contribution in [-0.4, -0.2) is 20.8 Å². The van der Waals surface area contributed by atoms with Crippen molar-refractivity contribution >= 4 is 66.4 Å². The van der Waals surface area contributed by atoms with Crippen LogP contribution in [0.5, 0.6) is 0 Å². The van der Waals surface area contributed by atoms with Gasteiger partial charge in [-0.15, -0.1) is 0 Å². The third-order valence-electron chi connectivity index (χ3n) is 10.8. The molecule has 0 amide bonds. The summed E-state index contributed by atoms with van der Waals surface area (Å²) in [7, 11) is 0. The predicted octanol–water partition coefficient (Wildman–Crippen LogP) is 12.2. The predicted molar refractivity (Wildman–Crippen MR) is 225 cm³/mol. The molecule has 0 aliphatic carbocycles. The molecule has 0 bridgehead atoms. The van der Waals surface area contributed by atoms with E-state index in [-0.39, 0.29) is 6.04 Å². The van der Waals surface area contributed by atoms with E-state index in [0.717, 1.165) is 99.9 Å². The number of amidine groups is 1. The maximum atomic E-state index is 6.50. The number of benzene rings is 7. The Hall–Kier alpha value is -7.84. The van der Waals surface area contributed by atoms with Crippen LogP contribution in [-0.2, 0) is 0 Å². The molecule has 0 spiro atoms. The average Bonchev–Trinajstić information content (AvgIpc) is 3.97. The van der Waals surface area contributed by atoms with E-state index in [4.69, 9.17) is 33.2 Å². The largest absolute Gasteiger partial charge is 0.456 e. The Labute approximate surface area is 324 Å². The van der Waals surface area contributed by atoms with E-state index >= 15 is 0 Å². The van der Waals surface area contributed by atoms with Gasteiger partial charge in [0, 0.05) is 49.2 Å². The first-order valence-electron chi connectivity index (χ1n) is 18.8. The highest BCUT2D eigenvalue weighted by atomic mass is 16.3. The second kappa shape index (κ2) is 12.3. The van der Waals surface area contributed by atoms with Crippen molar-refractivity contribution < 1.29 is 13.3 Å². The molecule has 0 saturated carbocycles. The molecule has 0 saturated heterocycles. The molecule has 1 aliphatic heterocycles. The Morgan fingerprint density at radius 1 is 0.421 bits per heavy atom. The summed E-state index contributed by atoms with van der Waals surface area (Å²) in [5, 5.41) is 8.64. The van der Waals surface area contributed by atoms with E-state index < -0.39 is 0 Å². The number of aromatic nitrogens is 3. The van der Waals surface area contributed by atoms with Gasteiger partial charge in [-0.1, -0.05) is 103 Å². The molecule has 1 atom stereocenters. The van der Waals surface area contributed by atoms with Crippen LogP contribution in [0.15, 0.2) is 182 Å². The van der Waals surface area contributed by atoms with Gasteiger partial charge in [0.25, 0.3) is 0 Å². The zero-order chi connectivity index (χ0) is 37.5. The molecule has 1 unspecified atom stereocenters. The lowest BCUT2D eigenvalue weighted by molar-refractivity contribution is 0.504. The first-order chi connectivity index (χ1) is 28.2. The zero-order valence-corrected chi connectivity index (χ0v) is 30.2. The van der Waals surface area contributed by atoms with Crippen molar-refractivity contribution in [3.8, 4) is 34.2 Å². The zero-order valence-electron chi connectivity index (χ0n) is 30.2. The highest BCUT2D eigenvalue weighted by molar-refractivity contribution is 6.20. The van der Waals surface area contributed by atoms with Crippen LogP contribution in [0.2, 0.25) is 0 Å². The van der Waals surface area contributed by atoms with E-state index in [9.17, 15) is 0 Å². The maximum Gasteiger partial charge on any atom is 0.164 e. The fourth-order valence-corrected chi connectivity index (χ4v) is 8.11. The van der Waals surface area contributed by atoms with Crippen LogP contribution in [0.1, 0.15) is 22.9 Å². The highest BCUT2D eigenvalue weighted by Gasteiger charge is 2.31. The number of hydrogen-bond donors (Lipinski definition) is 1. The van der Waals surface area contributed by atoms with Gasteiger partial charge in [0.2, 0.25) is 0 Å². The maximum absolute atomic E-state index is 6.50. The van der Waals surface area contributed by atoms with Gasteiger partial charge in [-0.05, 0) is 66.2 Å². The fraction of sp³-hybridized carbons (Fsp3) is 0.0204. The van der Waals surface area contributed by atoms with E-state index in [1.54, 1.807) is 0 Å². The van der Waals surface area contributed by atoms with E-state index in [1.807, 2.05) is 121 Å². The quantitative estimate of drug-likeness (QED) is 0.188. The summed E-state index contributed by atoms with van der Waals surface area (Å²) in [6, 6.07) is 54.5. The minimum absolute atomic E-state index is 0.246. The third-order valence-corrected chi connectivity index (χ3v) is 10.8. The van der Waals surface area contributed by atoms with Gasteiger partial charge in [-0.25, -0.2) is 19.9 Å². The van der Waals surface area contributed by atoms with E-state index in [2.05, 4.69) is 47.8 Å². The van der Waals surface area contributed by atoms with Crippen molar-refractivity contribution in [2.75, 3.05) is 0 Å². The molecule has 1 N–H and O–H groups in total. The van der Waals surface area contributed by atoms with Crippen LogP contribution >= 0.6 is 0 Å². The van der Waals surface area contributed by atoms with E-state index in [1.165, 1.54) is 0 Å². The molecule has 1 aliphatic rings. The molecule has 0 fully saturated rings. The van der Waals surface area contributed by atoms with Crippen molar-refractivity contribution in [3.05, 3.63) is 181 Å². The van der Waals surface area contributed by atoms with Crippen LogP contribution in [0.4, 0.5) is 5.69 Å². The standard InChI is InChI=1S/C49H29N5O3/c1-3-12-28(13-4-1)43-45-44(33-17-8-10-20-38(33)57-45)51-49(50-43)34-18-11-21-41-42(34)36-27-31(23-25-40(36)56-41)48-53-46(29-14-5-2-6-15-29)52-47(54-48)30-22-24-39-35(26-30)32-16-7-9-19-37(32)55-39/h1-27,43H,(H,50,51). The topological polar surface area (TPSA) is 102 Å². The van der Waals surface area contributed by atoms with Gasteiger partial charge in [0.15, 0.2) is 23.2 Å². The van der Waals surface area contributed by atoms with Gasteiger partial charge in [0.1, 0.15) is 45.5 Å². The average molecular weight is 736 g/mol. The van der Waals surface area contributed by atoms with Crippen molar-refractivity contribution in [2.24, 2.45) is 4.99 Å². The molecule has 57 heavy (non-hydrogen) atoms. The fourth-order valence-electron chi connectivity index (χ4n) is 8.11. The number of hydrogen-bond acceptors (Lipinski definition) is 8. The van der Waals surface area contributed by atoms with Gasteiger partial charge in [-0.3, -0.25) is 0 Å². The molecule has 0 radical (unpaired) electrons.